The van der Waals surface area contributed by atoms with Crippen LogP contribution < -0.4 is 5.73 Å². The molecule has 4 nitrogen and oxygen atoms in total. The Hall–Kier alpha value is -1.55. The van der Waals surface area contributed by atoms with Crippen LogP contribution in [0.1, 0.15) is 12.8 Å². The van der Waals surface area contributed by atoms with E-state index in [4.69, 9.17) is 5.73 Å². The molecule has 0 atom stereocenters. The maximum Gasteiger partial charge on any atom is 0.196 e. The molecule has 0 radical (unpaired) electrons. The Morgan fingerprint density at radius 3 is 2.58 bits per heavy atom. The summed E-state index contributed by atoms with van der Waals surface area (Å²) in [6.07, 6.45) is 2.50. The molecule has 0 aromatic heterocycles. The fourth-order valence-electron chi connectivity index (χ4n) is 2.45. The van der Waals surface area contributed by atoms with Gasteiger partial charge in [-0.05, 0) is 51.0 Å². The molecular weight excluding hydrogens is 236 g/mol. The molecule has 0 spiro atoms. The molecule has 0 amide bonds. The van der Waals surface area contributed by atoms with Gasteiger partial charge in [0.1, 0.15) is 0 Å². The molecule has 104 valence electrons. The van der Waals surface area contributed by atoms with Crippen molar-refractivity contribution in [3.8, 4) is 0 Å². The van der Waals surface area contributed by atoms with E-state index in [0.29, 0.717) is 5.96 Å². The van der Waals surface area contributed by atoms with Crippen molar-refractivity contribution in [2.24, 2.45) is 16.6 Å². The highest BCUT2D eigenvalue weighted by Crippen LogP contribution is 2.17. The summed E-state index contributed by atoms with van der Waals surface area (Å²) in [5, 5.41) is 0. The van der Waals surface area contributed by atoms with Crippen LogP contribution in [-0.2, 0) is 0 Å². The van der Waals surface area contributed by atoms with E-state index in [-0.39, 0.29) is 0 Å². The Balaban J connectivity index is 1.89. The summed E-state index contributed by atoms with van der Waals surface area (Å²) in [7, 11) is 4.21. The summed E-state index contributed by atoms with van der Waals surface area (Å²) < 4.78 is 0. The molecule has 1 aliphatic rings. The van der Waals surface area contributed by atoms with Crippen molar-refractivity contribution in [1.82, 2.24) is 9.80 Å². The first-order valence-corrected chi connectivity index (χ1v) is 6.94. The molecule has 1 aromatic carbocycles. The largest absolute Gasteiger partial charge is 0.369 e. The van der Waals surface area contributed by atoms with Gasteiger partial charge in [0.25, 0.3) is 0 Å². The number of hydrogen-bond donors (Lipinski definition) is 1. The number of nitrogens with two attached hydrogens (primary N) is 1. The molecule has 0 unspecified atom stereocenters. The van der Waals surface area contributed by atoms with Gasteiger partial charge in [-0.1, -0.05) is 18.2 Å². The smallest absolute Gasteiger partial charge is 0.196 e. The SMILES string of the molecule is CN1CCC(CN(C)C(N)=Nc2ccccc2)CC1. The van der Waals surface area contributed by atoms with E-state index in [1.807, 2.05) is 37.4 Å². The van der Waals surface area contributed by atoms with Crippen molar-refractivity contribution >= 4 is 11.6 Å². The van der Waals surface area contributed by atoms with Crippen molar-refractivity contribution in [2.75, 3.05) is 33.7 Å². The fraction of sp³-hybridized carbons (Fsp3) is 0.533. The van der Waals surface area contributed by atoms with Gasteiger partial charge in [-0.25, -0.2) is 4.99 Å². The zero-order valence-corrected chi connectivity index (χ0v) is 11.9. The summed E-state index contributed by atoms with van der Waals surface area (Å²) in [4.78, 5) is 8.91. The highest BCUT2D eigenvalue weighted by atomic mass is 15.2. The number of hydrogen-bond acceptors (Lipinski definition) is 2. The van der Waals surface area contributed by atoms with Crippen molar-refractivity contribution in [3.63, 3.8) is 0 Å². The molecule has 1 aliphatic heterocycles. The lowest BCUT2D eigenvalue weighted by Crippen LogP contribution is -2.40. The maximum atomic E-state index is 6.06. The van der Waals surface area contributed by atoms with E-state index in [9.17, 15) is 0 Å². The second-order valence-corrected chi connectivity index (χ2v) is 5.43. The molecule has 0 aliphatic carbocycles. The third-order valence-corrected chi connectivity index (χ3v) is 3.76. The van der Waals surface area contributed by atoms with Crippen LogP contribution in [0.4, 0.5) is 5.69 Å². The lowest BCUT2D eigenvalue weighted by molar-refractivity contribution is 0.200. The number of piperidine rings is 1. The molecule has 1 heterocycles. The van der Waals surface area contributed by atoms with Crippen LogP contribution in [0, 0.1) is 5.92 Å². The zero-order chi connectivity index (χ0) is 13.7. The predicted molar refractivity (Wildman–Crippen MR) is 80.6 cm³/mol. The van der Waals surface area contributed by atoms with E-state index in [1.54, 1.807) is 0 Å². The molecule has 4 heteroatoms. The molecule has 19 heavy (non-hydrogen) atoms. The van der Waals surface area contributed by atoms with Gasteiger partial charge in [0.05, 0.1) is 5.69 Å². The van der Waals surface area contributed by atoms with Crippen LogP contribution in [0.3, 0.4) is 0 Å². The Bertz CT molecular complexity index is 407. The Morgan fingerprint density at radius 2 is 1.95 bits per heavy atom. The second-order valence-electron chi connectivity index (χ2n) is 5.43. The van der Waals surface area contributed by atoms with Crippen molar-refractivity contribution in [1.29, 1.82) is 0 Å². The summed E-state index contributed by atoms with van der Waals surface area (Å²) in [5.41, 5.74) is 6.97. The van der Waals surface area contributed by atoms with Crippen LogP contribution in [0.25, 0.3) is 0 Å². The molecule has 2 rings (SSSR count). The van der Waals surface area contributed by atoms with Gasteiger partial charge < -0.3 is 15.5 Å². The number of nitrogens with zero attached hydrogens (tertiary/aromatic N) is 3. The minimum absolute atomic E-state index is 0.602. The van der Waals surface area contributed by atoms with Crippen LogP contribution in [0.2, 0.25) is 0 Å². The van der Waals surface area contributed by atoms with Crippen molar-refractivity contribution in [2.45, 2.75) is 12.8 Å². The third-order valence-electron chi connectivity index (χ3n) is 3.76. The first-order chi connectivity index (χ1) is 9.15. The third kappa shape index (κ3) is 4.24. The number of para-hydroxylation sites is 1. The highest BCUT2D eigenvalue weighted by Gasteiger charge is 2.18. The van der Waals surface area contributed by atoms with Crippen LogP contribution >= 0.6 is 0 Å². The van der Waals surface area contributed by atoms with Crippen LogP contribution in [-0.4, -0.2) is 49.5 Å². The summed E-state index contributed by atoms with van der Waals surface area (Å²) in [6.45, 7) is 3.37. The van der Waals surface area contributed by atoms with E-state index in [1.165, 1.54) is 25.9 Å². The van der Waals surface area contributed by atoms with Crippen molar-refractivity contribution in [3.05, 3.63) is 30.3 Å². The van der Waals surface area contributed by atoms with Crippen LogP contribution in [0.15, 0.2) is 35.3 Å². The minimum Gasteiger partial charge on any atom is -0.369 e. The van der Waals surface area contributed by atoms with Gasteiger partial charge in [-0.2, -0.15) is 0 Å². The quantitative estimate of drug-likeness (QED) is 0.667. The molecule has 1 fully saturated rings. The molecule has 2 N–H and O–H groups in total. The normalized spacial score (nSPS) is 18.5. The minimum atomic E-state index is 0.602. The molecule has 1 aromatic rings. The molecule has 0 saturated carbocycles. The lowest BCUT2D eigenvalue weighted by Gasteiger charge is -2.31. The number of guanidine groups is 1. The summed E-state index contributed by atoms with van der Waals surface area (Å²) >= 11 is 0. The highest BCUT2D eigenvalue weighted by molar-refractivity contribution is 5.80. The zero-order valence-electron chi connectivity index (χ0n) is 11.9. The average Bonchev–Trinajstić information content (AvgIpc) is 2.42. The average molecular weight is 260 g/mol. The van der Waals surface area contributed by atoms with E-state index in [2.05, 4.69) is 21.8 Å². The maximum absolute atomic E-state index is 6.06. The van der Waals surface area contributed by atoms with E-state index in [0.717, 1.165) is 18.2 Å². The van der Waals surface area contributed by atoms with E-state index >= 15 is 0 Å². The standard InChI is InChI=1S/C15H24N4/c1-18-10-8-13(9-11-18)12-19(2)15(16)17-14-6-4-3-5-7-14/h3-7,13H,8-12H2,1-2H3,(H2,16,17). The van der Waals surface area contributed by atoms with Gasteiger partial charge in [-0.15, -0.1) is 0 Å². The monoisotopic (exact) mass is 260 g/mol. The fourth-order valence-corrected chi connectivity index (χ4v) is 2.45. The Morgan fingerprint density at radius 1 is 1.32 bits per heavy atom. The first-order valence-electron chi connectivity index (χ1n) is 6.94. The number of rotatable bonds is 3. The molecule has 1 saturated heterocycles. The summed E-state index contributed by atoms with van der Waals surface area (Å²) in [5.74, 6) is 1.33. The van der Waals surface area contributed by atoms with Gasteiger partial charge in [-0.3, -0.25) is 0 Å². The van der Waals surface area contributed by atoms with Gasteiger partial charge in [0.15, 0.2) is 5.96 Å². The van der Waals surface area contributed by atoms with Gasteiger partial charge in [0, 0.05) is 13.6 Å². The van der Waals surface area contributed by atoms with Gasteiger partial charge >= 0.3 is 0 Å². The topological polar surface area (TPSA) is 44.9 Å². The second kappa shape index (κ2) is 6.57. The van der Waals surface area contributed by atoms with Gasteiger partial charge in [0.2, 0.25) is 0 Å². The first kappa shape index (κ1) is 13.9. The molecule has 0 bridgehead atoms. The lowest BCUT2D eigenvalue weighted by atomic mass is 9.97. The predicted octanol–water partition coefficient (Wildman–Crippen LogP) is 1.91. The number of benzene rings is 1. The molecular formula is C15H24N4. The number of likely N-dealkylation sites (tertiary alicyclic amines) is 1. The Kier molecular flexibility index (Phi) is 4.80. The van der Waals surface area contributed by atoms with Crippen molar-refractivity contribution < 1.29 is 0 Å². The van der Waals surface area contributed by atoms with Crippen LogP contribution in [0.5, 0.6) is 0 Å². The number of aliphatic imine (C=N–C) groups is 1. The summed E-state index contributed by atoms with van der Waals surface area (Å²) in [6, 6.07) is 9.87. The Labute approximate surface area is 115 Å². The van der Waals surface area contributed by atoms with E-state index < -0.39 is 0 Å².